The minimum atomic E-state index is -0.960. The first-order valence-electron chi connectivity index (χ1n) is 10.4. The second kappa shape index (κ2) is 10.2. The molecule has 172 valence electrons. The van der Waals surface area contributed by atoms with Gasteiger partial charge in [-0.3, -0.25) is 4.79 Å². The highest BCUT2D eigenvalue weighted by atomic mass is 35.5. The smallest absolute Gasteiger partial charge is 0.408 e. The number of esters is 1. The van der Waals surface area contributed by atoms with Gasteiger partial charge in [0.25, 0.3) is 0 Å². The van der Waals surface area contributed by atoms with Crippen LogP contribution in [0, 0.1) is 0 Å². The van der Waals surface area contributed by atoms with Crippen LogP contribution in [0.2, 0.25) is 5.02 Å². The molecule has 0 saturated carbocycles. The number of hydrogen-bond acceptors (Lipinski definition) is 6. The van der Waals surface area contributed by atoms with Gasteiger partial charge in [0.15, 0.2) is 5.43 Å². The second-order valence-electron chi connectivity index (χ2n) is 7.49. The summed E-state index contributed by atoms with van der Waals surface area (Å²) < 4.78 is 16.1. The normalized spacial score (nSPS) is 11.6. The predicted molar refractivity (Wildman–Crippen MR) is 128 cm³/mol. The van der Waals surface area contributed by atoms with Gasteiger partial charge in [0.2, 0.25) is 0 Å². The predicted octanol–water partition coefficient (Wildman–Crippen LogP) is 5.33. The van der Waals surface area contributed by atoms with E-state index in [1.807, 2.05) is 30.3 Å². The molecule has 34 heavy (non-hydrogen) atoms. The zero-order chi connectivity index (χ0) is 24.1. The molecule has 0 radical (unpaired) electrons. The average Bonchev–Trinajstić information content (AvgIpc) is 2.84. The van der Waals surface area contributed by atoms with Crippen molar-refractivity contribution in [3.8, 4) is 16.9 Å². The molecule has 1 atom stereocenters. The van der Waals surface area contributed by atoms with Crippen LogP contribution in [-0.4, -0.2) is 18.1 Å². The van der Waals surface area contributed by atoms with Crippen LogP contribution in [0.25, 0.3) is 22.1 Å². The largest absolute Gasteiger partial charge is 0.463 e. The molecule has 1 amide bonds. The summed E-state index contributed by atoms with van der Waals surface area (Å²) >= 11 is 5.91. The third kappa shape index (κ3) is 5.44. The van der Waals surface area contributed by atoms with E-state index in [1.54, 1.807) is 24.3 Å². The maximum absolute atomic E-state index is 12.9. The van der Waals surface area contributed by atoms with Gasteiger partial charge in [0.05, 0.1) is 10.9 Å². The van der Waals surface area contributed by atoms with Crippen LogP contribution in [0.3, 0.4) is 0 Å². The minimum Gasteiger partial charge on any atom is -0.463 e. The molecule has 1 unspecified atom stereocenters. The molecule has 1 aromatic heterocycles. The lowest BCUT2D eigenvalue weighted by Gasteiger charge is -2.13. The molecule has 8 heteroatoms. The van der Waals surface area contributed by atoms with E-state index in [0.717, 1.165) is 5.56 Å². The highest BCUT2D eigenvalue weighted by Crippen LogP contribution is 2.24. The van der Waals surface area contributed by atoms with E-state index in [9.17, 15) is 14.4 Å². The second-order valence-corrected chi connectivity index (χ2v) is 7.93. The Hall–Kier alpha value is -4.10. The molecule has 4 rings (SSSR count). The molecular weight excluding hydrogens is 458 g/mol. The Morgan fingerprint density at radius 3 is 2.50 bits per heavy atom. The number of halogens is 1. The number of amides is 1. The Morgan fingerprint density at radius 1 is 1.03 bits per heavy atom. The Morgan fingerprint density at radius 2 is 1.76 bits per heavy atom. The Kier molecular flexibility index (Phi) is 6.94. The number of hydrogen-bond donors (Lipinski definition) is 1. The summed E-state index contributed by atoms with van der Waals surface area (Å²) in [6, 6.07) is 19.5. The molecule has 1 N–H and O–H groups in total. The van der Waals surface area contributed by atoms with Crippen LogP contribution in [0.1, 0.15) is 12.5 Å². The maximum atomic E-state index is 12.9. The van der Waals surface area contributed by atoms with Crippen molar-refractivity contribution < 1.29 is 23.5 Å². The number of benzene rings is 3. The van der Waals surface area contributed by atoms with E-state index >= 15 is 0 Å². The van der Waals surface area contributed by atoms with E-state index in [2.05, 4.69) is 5.32 Å². The van der Waals surface area contributed by atoms with E-state index in [1.165, 1.54) is 31.4 Å². The monoisotopic (exact) mass is 477 g/mol. The highest BCUT2D eigenvalue weighted by molar-refractivity contribution is 6.30. The molecule has 4 aromatic rings. The van der Waals surface area contributed by atoms with Crippen LogP contribution >= 0.6 is 11.6 Å². The number of carbonyl (C=O) groups is 2. The van der Waals surface area contributed by atoms with Gasteiger partial charge in [-0.1, -0.05) is 54.1 Å². The highest BCUT2D eigenvalue weighted by Gasteiger charge is 2.19. The molecular formula is C26H20ClNO6. The van der Waals surface area contributed by atoms with Crippen molar-refractivity contribution in [1.29, 1.82) is 0 Å². The van der Waals surface area contributed by atoms with Gasteiger partial charge >= 0.3 is 12.1 Å². The van der Waals surface area contributed by atoms with E-state index < -0.39 is 18.1 Å². The summed E-state index contributed by atoms with van der Waals surface area (Å²) in [5.74, 6) is -0.526. The van der Waals surface area contributed by atoms with Gasteiger partial charge in [0, 0.05) is 11.1 Å². The van der Waals surface area contributed by atoms with Crippen molar-refractivity contribution in [2.45, 2.75) is 19.6 Å². The standard InChI is InChI=1S/C26H20ClNO6/c1-16(28-26(31)33-14-17-5-3-2-4-6-17)25(30)34-20-11-12-21-23(13-20)32-15-22(24(21)29)18-7-9-19(27)10-8-18/h2-13,15-16H,14H2,1H3,(H,28,31). The number of alkyl carbamates (subject to hydrolysis) is 1. The van der Waals surface area contributed by atoms with Gasteiger partial charge in [0.1, 0.15) is 30.2 Å². The summed E-state index contributed by atoms with van der Waals surface area (Å²) in [6.45, 7) is 1.56. The number of rotatable bonds is 6. The lowest BCUT2D eigenvalue weighted by atomic mass is 10.1. The zero-order valence-electron chi connectivity index (χ0n) is 18.1. The fourth-order valence-electron chi connectivity index (χ4n) is 3.21. The Balaban J connectivity index is 1.40. The van der Waals surface area contributed by atoms with Gasteiger partial charge < -0.3 is 19.2 Å². The van der Waals surface area contributed by atoms with E-state index in [-0.39, 0.29) is 23.4 Å². The van der Waals surface area contributed by atoms with Gasteiger partial charge in [-0.25, -0.2) is 9.59 Å². The summed E-state index contributed by atoms with van der Waals surface area (Å²) in [6.07, 6.45) is 0.611. The summed E-state index contributed by atoms with van der Waals surface area (Å²) in [5.41, 5.74) is 1.92. The lowest BCUT2D eigenvalue weighted by Crippen LogP contribution is -2.41. The molecule has 0 saturated heterocycles. The Labute approximate surface area is 199 Å². The third-order valence-electron chi connectivity index (χ3n) is 5.02. The first-order chi connectivity index (χ1) is 16.4. The number of nitrogens with one attached hydrogen (secondary N) is 1. The first-order valence-corrected chi connectivity index (χ1v) is 10.8. The van der Waals surface area contributed by atoms with Crippen molar-refractivity contribution in [3.63, 3.8) is 0 Å². The molecule has 0 aliphatic heterocycles. The van der Waals surface area contributed by atoms with Gasteiger partial charge in [-0.05, 0) is 42.3 Å². The van der Waals surface area contributed by atoms with Crippen LogP contribution in [0.4, 0.5) is 4.79 Å². The minimum absolute atomic E-state index is 0.0795. The van der Waals surface area contributed by atoms with Crippen LogP contribution in [-0.2, 0) is 16.1 Å². The topological polar surface area (TPSA) is 94.8 Å². The molecule has 0 aliphatic rings. The van der Waals surface area contributed by atoms with Crippen LogP contribution < -0.4 is 15.5 Å². The zero-order valence-corrected chi connectivity index (χ0v) is 18.9. The fraction of sp³-hybridized carbons (Fsp3) is 0.115. The average molecular weight is 478 g/mol. The molecule has 0 bridgehead atoms. The fourth-order valence-corrected chi connectivity index (χ4v) is 3.33. The molecule has 0 aliphatic carbocycles. The summed E-state index contributed by atoms with van der Waals surface area (Å²) in [7, 11) is 0. The van der Waals surface area contributed by atoms with Crippen LogP contribution in [0.5, 0.6) is 5.75 Å². The maximum Gasteiger partial charge on any atom is 0.408 e. The number of ether oxygens (including phenoxy) is 2. The van der Waals surface area contributed by atoms with Crippen LogP contribution in [0.15, 0.2) is 88.3 Å². The van der Waals surface area contributed by atoms with Crippen molar-refractivity contribution in [2.75, 3.05) is 0 Å². The molecule has 3 aromatic carbocycles. The van der Waals surface area contributed by atoms with Gasteiger partial charge in [-0.2, -0.15) is 0 Å². The number of fused-ring (bicyclic) bond motifs is 1. The third-order valence-corrected chi connectivity index (χ3v) is 5.27. The quantitative estimate of drug-likeness (QED) is 0.298. The van der Waals surface area contributed by atoms with Gasteiger partial charge in [-0.15, -0.1) is 0 Å². The van der Waals surface area contributed by atoms with Crippen molar-refractivity contribution in [1.82, 2.24) is 5.32 Å². The lowest BCUT2D eigenvalue weighted by molar-refractivity contribution is -0.136. The SMILES string of the molecule is CC(NC(=O)OCc1ccccc1)C(=O)Oc1ccc2c(=O)c(-c3ccc(Cl)cc3)coc2c1. The molecule has 7 nitrogen and oxygen atoms in total. The van der Waals surface area contributed by atoms with E-state index in [4.69, 9.17) is 25.5 Å². The van der Waals surface area contributed by atoms with E-state index in [0.29, 0.717) is 21.5 Å². The van der Waals surface area contributed by atoms with Crippen molar-refractivity contribution >= 4 is 34.6 Å². The molecule has 0 fully saturated rings. The summed E-state index contributed by atoms with van der Waals surface area (Å²) in [4.78, 5) is 37.2. The molecule has 0 spiro atoms. The first kappa shape index (κ1) is 23.1. The number of carbonyl (C=O) groups excluding carboxylic acids is 2. The molecule has 1 heterocycles. The Bertz CT molecular complexity index is 1380. The van der Waals surface area contributed by atoms with Crippen molar-refractivity contribution in [3.05, 3.63) is 99.9 Å². The summed E-state index contributed by atoms with van der Waals surface area (Å²) in [5, 5.41) is 3.33. The van der Waals surface area contributed by atoms with Crippen molar-refractivity contribution in [2.24, 2.45) is 0 Å².